The highest BCUT2D eigenvalue weighted by Crippen LogP contribution is 2.27. The first-order valence-electron chi connectivity index (χ1n) is 7.77. The topological polar surface area (TPSA) is 50.4 Å². The number of aryl methyl sites for hydroxylation is 1. The molecule has 128 valence electrons. The van der Waals surface area contributed by atoms with E-state index in [9.17, 15) is 4.79 Å². The van der Waals surface area contributed by atoms with Crippen molar-refractivity contribution >= 4 is 23.3 Å². The van der Waals surface area contributed by atoms with Crippen molar-refractivity contribution in [2.45, 2.75) is 26.2 Å². The molecule has 0 saturated heterocycles. The molecule has 2 aromatic carbocycles. The minimum atomic E-state index is -0.267. The molecule has 0 saturated carbocycles. The molecule has 2 rings (SSSR count). The van der Waals surface area contributed by atoms with Crippen LogP contribution in [0.5, 0.6) is 5.75 Å². The summed E-state index contributed by atoms with van der Waals surface area (Å²) in [5.74, 6) is 0.572. The second kappa shape index (κ2) is 7.58. The molecule has 0 heterocycles. The maximum atomic E-state index is 12.1. The number of carbonyl (C=O) groups is 1. The zero-order valence-corrected chi connectivity index (χ0v) is 15.2. The van der Waals surface area contributed by atoms with E-state index in [1.165, 1.54) is 11.1 Å². The van der Waals surface area contributed by atoms with Crippen molar-refractivity contribution < 1.29 is 9.53 Å². The van der Waals surface area contributed by atoms with E-state index in [0.717, 1.165) is 0 Å². The summed E-state index contributed by atoms with van der Waals surface area (Å²) < 4.78 is 5.09. The summed E-state index contributed by atoms with van der Waals surface area (Å²) in [6.07, 6.45) is 0. The van der Waals surface area contributed by atoms with Gasteiger partial charge in [0.25, 0.3) is 0 Å². The fourth-order valence-electron chi connectivity index (χ4n) is 2.33. The predicted molar refractivity (Wildman–Crippen MR) is 99.2 cm³/mol. The molecule has 4 nitrogen and oxygen atoms in total. The smallest absolute Gasteiger partial charge is 0.319 e. The Bertz CT molecular complexity index is 712. The van der Waals surface area contributed by atoms with Gasteiger partial charge >= 0.3 is 6.03 Å². The van der Waals surface area contributed by atoms with Gasteiger partial charge in [-0.2, -0.15) is 0 Å². The Morgan fingerprint density at radius 1 is 1.17 bits per heavy atom. The minimum absolute atomic E-state index is 0.164. The van der Waals surface area contributed by atoms with E-state index in [0.29, 0.717) is 23.0 Å². The van der Waals surface area contributed by atoms with Crippen LogP contribution in [-0.4, -0.2) is 19.7 Å². The van der Waals surface area contributed by atoms with Crippen molar-refractivity contribution in [3.05, 3.63) is 58.6 Å². The van der Waals surface area contributed by atoms with E-state index in [4.69, 9.17) is 16.3 Å². The molecule has 2 amide bonds. The van der Waals surface area contributed by atoms with Gasteiger partial charge in [0.05, 0.1) is 12.1 Å². The molecule has 5 heteroatoms. The van der Waals surface area contributed by atoms with E-state index >= 15 is 0 Å². The molecule has 0 aliphatic heterocycles. The van der Waals surface area contributed by atoms with E-state index in [2.05, 4.69) is 55.7 Å². The minimum Gasteiger partial charge on any atom is -0.495 e. The lowest BCUT2D eigenvalue weighted by atomic mass is 9.84. The number of anilines is 1. The largest absolute Gasteiger partial charge is 0.495 e. The van der Waals surface area contributed by atoms with Gasteiger partial charge in [-0.15, -0.1) is 0 Å². The number of benzene rings is 2. The second-order valence-corrected chi connectivity index (χ2v) is 6.81. The Morgan fingerprint density at radius 3 is 2.42 bits per heavy atom. The molecule has 0 aromatic heterocycles. The van der Waals surface area contributed by atoms with Gasteiger partial charge in [-0.25, -0.2) is 4.79 Å². The monoisotopic (exact) mass is 346 g/mol. The van der Waals surface area contributed by atoms with E-state index in [1.807, 2.05) is 0 Å². The van der Waals surface area contributed by atoms with Gasteiger partial charge < -0.3 is 15.4 Å². The van der Waals surface area contributed by atoms with Gasteiger partial charge in [-0.1, -0.05) is 55.3 Å². The number of hydrogen-bond acceptors (Lipinski definition) is 2. The Hall–Kier alpha value is -2.20. The van der Waals surface area contributed by atoms with Crippen LogP contribution < -0.4 is 15.4 Å². The molecule has 24 heavy (non-hydrogen) atoms. The van der Waals surface area contributed by atoms with E-state index in [1.54, 1.807) is 25.3 Å². The Labute approximate surface area is 148 Å². The van der Waals surface area contributed by atoms with Gasteiger partial charge in [0.15, 0.2) is 0 Å². The van der Waals surface area contributed by atoms with Gasteiger partial charge in [0.1, 0.15) is 5.75 Å². The van der Waals surface area contributed by atoms with Crippen molar-refractivity contribution in [2.75, 3.05) is 19.0 Å². The summed E-state index contributed by atoms with van der Waals surface area (Å²) in [4.78, 5) is 12.1. The molecule has 2 aromatic rings. The lowest BCUT2D eigenvalue weighted by Gasteiger charge is -2.26. The average molecular weight is 347 g/mol. The number of halogens is 1. The van der Waals surface area contributed by atoms with Crippen molar-refractivity contribution in [1.29, 1.82) is 0 Å². The molecule has 0 bridgehead atoms. The third kappa shape index (κ3) is 4.65. The first-order valence-corrected chi connectivity index (χ1v) is 8.15. The molecule has 2 N–H and O–H groups in total. The zero-order chi connectivity index (χ0) is 17.7. The third-order valence-electron chi connectivity index (χ3n) is 3.93. The Balaban J connectivity index is 1.95. The van der Waals surface area contributed by atoms with E-state index in [-0.39, 0.29) is 11.4 Å². The summed E-state index contributed by atoms with van der Waals surface area (Å²) in [6.45, 7) is 6.78. The second-order valence-electron chi connectivity index (χ2n) is 6.41. The highest BCUT2D eigenvalue weighted by atomic mass is 35.5. The van der Waals surface area contributed by atoms with Crippen LogP contribution in [0.25, 0.3) is 0 Å². The quantitative estimate of drug-likeness (QED) is 0.820. The maximum absolute atomic E-state index is 12.1. The van der Waals surface area contributed by atoms with Crippen LogP contribution in [0.3, 0.4) is 0 Å². The molecule has 0 atom stereocenters. The zero-order valence-electron chi connectivity index (χ0n) is 14.4. The molecule has 0 spiro atoms. The van der Waals surface area contributed by atoms with Gasteiger partial charge in [-0.3, -0.25) is 0 Å². The fraction of sp³-hybridized carbons (Fsp3) is 0.316. The number of urea groups is 1. The highest BCUT2D eigenvalue weighted by molar-refractivity contribution is 6.32. The van der Waals surface area contributed by atoms with Gasteiger partial charge in [-0.05, 0) is 30.7 Å². The number of carbonyl (C=O) groups excluding carboxylic acids is 1. The number of nitrogens with one attached hydrogen (secondary N) is 2. The van der Waals surface area contributed by atoms with Gasteiger partial charge in [0, 0.05) is 17.6 Å². The number of hydrogen-bond donors (Lipinski definition) is 2. The highest BCUT2D eigenvalue weighted by Gasteiger charge is 2.21. The summed E-state index contributed by atoms with van der Waals surface area (Å²) in [6, 6.07) is 13.2. The summed E-state index contributed by atoms with van der Waals surface area (Å²) in [5, 5.41) is 6.14. The number of amides is 2. The maximum Gasteiger partial charge on any atom is 0.319 e. The van der Waals surface area contributed by atoms with Crippen molar-refractivity contribution in [3.63, 3.8) is 0 Å². The molecule has 0 aliphatic rings. The molecule has 0 fully saturated rings. The molecule has 0 unspecified atom stereocenters. The van der Waals surface area contributed by atoms with Crippen LogP contribution in [0.1, 0.15) is 25.0 Å². The van der Waals surface area contributed by atoms with Crippen LogP contribution in [0.2, 0.25) is 5.02 Å². The number of methoxy groups -OCH3 is 1. The summed E-state index contributed by atoms with van der Waals surface area (Å²) in [7, 11) is 1.55. The first kappa shape index (κ1) is 18.1. The van der Waals surface area contributed by atoms with Crippen LogP contribution in [-0.2, 0) is 5.41 Å². The SMILES string of the molecule is COc1ccc(NC(=O)NCC(C)(C)c2ccc(C)cc2)cc1Cl. The number of rotatable bonds is 5. The van der Waals surface area contributed by atoms with Crippen LogP contribution in [0.15, 0.2) is 42.5 Å². The Kier molecular flexibility index (Phi) is 5.73. The standard InChI is InChI=1S/C19H23ClN2O2/c1-13-5-7-14(8-6-13)19(2,3)12-21-18(23)22-15-9-10-17(24-4)16(20)11-15/h5-11H,12H2,1-4H3,(H2,21,22,23). The third-order valence-corrected chi connectivity index (χ3v) is 4.23. The predicted octanol–water partition coefficient (Wildman–Crippen LogP) is 4.76. The van der Waals surface area contributed by atoms with E-state index < -0.39 is 0 Å². The summed E-state index contributed by atoms with van der Waals surface area (Å²) >= 11 is 6.06. The molecular formula is C19H23ClN2O2. The van der Waals surface area contributed by atoms with Crippen LogP contribution in [0.4, 0.5) is 10.5 Å². The Morgan fingerprint density at radius 2 is 1.83 bits per heavy atom. The molecule has 0 aliphatic carbocycles. The lowest BCUT2D eigenvalue weighted by Crippen LogP contribution is -2.38. The first-order chi connectivity index (χ1) is 11.3. The fourth-order valence-corrected chi connectivity index (χ4v) is 2.59. The number of ether oxygens (including phenoxy) is 1. The molecular weight excluding hydrogens is 324 g/mol. The van der Waals surface area contributed by atoms with Crippen LogP contribution in [0, 0.1) is 6.92 Å². The van der Waals surface area contributed by atoms with Crippen molar-refractivity contribution in [2.24, 2.45) is 0 Å². The van der Waals surface area contributed by atoms with Gasteiger partial charge in [0.2, 0.25) is 0 Å². The van der Waals surface area contributed by atoms with Crippen molar-refractivity contribution in [1.82, 2.24) is 5.32 Å². The van der Waals surface area contributed by atoms with Crippen molar-refractivity contribution in [3.8, 4) is 5.75 Å². The lowest BCUT2D eigenvalue weighted by molar-refractivity contribution is 0.249. The van der Waals surface area contributed by atoms with Crippen LogP contribution >= 0.6 is 11.6 Å². The molecule has 0 radical (unpaired) electrons. The summed E-state index contributed by atoms with van der Waals surface area (Å²) in [5.41, 5.74) is 2.85. The normalized spacial score (nSPS) is 11.0. The average Bonchev–Trinajstić information content (AvgIpc) is 2.54.